The van der Waals surface area contributed by atoms with Crippen molar-refractivity contribution in [1.29, 1.82) is 10.5 Å². The summed E-state index contributed by atoms with van der Waals surface area (Å²) in [5.74, 6) is 0. The van der Waals surface area contributed by atoms with Gasteiger partial charge in [0, 0.05) is 23.1 Å². The van der Waals surface area contributed by atoms with Crippen molar-refractivity contribution >= 4 is 11.3 Å². The summed E-state index contributed by atoms with van der Waals surface area (Å²) in [5, 5.41) is 18.6. The molecule has 104 valence electrons. The molecule has 3 nitrogen and oxygen atoms in total. The Labute approximate surface area is 132 Å². The molecule has 0 spiro atoms. The van der Waals surface area contributed by atoms with E-state index in [0.29, 0.717) is 11.1 Å². The van der Waals surface area contributed by atoms with E-state index < -0.39 is 0 Å². The van der Waals surface area contributed by atoms with Crippen LogP contribution in [0, 0.1) is 22.7 Å². The highest BCUT2D eigenvalue weighted by molar-refractivity contribution is 7.15. The summed E-state index contributed by atoms with van der Waals surface area (Å²) >= 11 is 1.65. The van der Waals surface area contributed by atoms with E-state index in [1.54, 1.807) is 23.5 Å². The second-order valence-electron chi connectivity index (χ2n) is 4.81. The van der Waals surface area contributed by atoms with Crippen LogP contribution in [-0.2, 0) is 6.42 Å². The SMILES string of the molecule is N#Cc1ccc(Cc2cnc(-c3ccc(C#N)cc3)s2)cc1. The van der Waals surface area contributed by atoms with Gasteiger partial charge in [0.15, 0.2) is 0 Å². The molecular weight excluding hydrogens is 290 g/mol. The third kappa shape index (κ3) is 3.03. The van der Waals surface area contributed by atoms with Crippen LogP contribution < -0.4 is 0 Å². The predicted octanol–water partition coefficient (Wildman–Crippen LogP) is 4.14. The van der Waals surface area contributed by atoms with Gasteiger partial charge in [-0.2, -0.15) is 10.5 Å². The lowest BCUT2D eigenvalue weighted by Crippen LogP contribution is -1.84. The van der Waals surface area contributed by atoms with Crippen molar-refractivity contribution in [3.8, 4) is 22.7 Å². The minimum Gasteiger partial charge on any atom is -0.244 e. The molecule has 3 rings (SSSR count). The number of nitriles is 2. The van der Waals surface area contributed by atoms with Crippen LogP contribution in [0.3, 0.4) is 0 Å². The quantitative estimate of drug-likeness (QED) is 0.730. The minimum absolute atomic E-state index is 0.651. The number of nitrogens with zero attached hydrogens (tertiary/aromatic N) is 3. The lowest BCUT2D eigenvalue weighted by atomic mass is 10.1. The summed E-state index contributed by atoms with van der Waals surface area (Å²) in [4.78, 5) is 5.63. The Kier molecular flexibility index (Phi) is 3.96. The summed E-state index contributed by atoms with van der Waals surface area (Å²) in [6.45, 7) is 0. The third-order valence-electron chi connectivity index (χ3n) is 3.28. The van der Waals surface area contributed by atoms with Crippen molar-refractivity contribution in [2.45, 2.75) is 6.42 Å². The van der Waals surface area contributed by atoms with E-state index in [1.165, 1.54) is 4.88 Å². The molecular formula is C18H11N3S. The van der Waals surface area contributed by atoms with E-state index in [-0.39, 0.29) is 0 Å². The number of thiazole rings is 1. The highest BCUT2D eigenvalue weighted by atomic mass is 32.1. The maximum atomic E-state index is 8.82. The Morgan fingerprint density at radius 3 is 2.05 bits per heavy atom. The standard InChI is InChI=1S/C18H11N3S/c19-10-14-3-1-13(2-4-14)9-17-12-21-18(22-17)16-7-5-15(11-20)6-8-16/h1-8,12H,9H2. The average Bonchev–Trinajstić information content (AvgIpc) is 3.04. The Hall–Kier alpha value is -2.95. The molecule has 0 saturated carbocycles. The molecule has 2 aromatic carbocycles. The molecule has 0 amide bonds. The van der Waals surface area contributed by atoms with Gasteiger partial charge in [-0.1, -0.05) is 24.3 Å². The van der Waals surface area contributed by atoms with Crippen LogP contribution in [-0.4, -0.2) is 4.98 Å². The summed E-state index contributed by atoms with van der Waals surface area (Å²) in [5.41, 5.74) is 3.51. The van der Waals surface area contributed by atoms with Crippen molar-refractivity contribution in [3.05, 3.63) is 76.3 Å². The van der Waals surface area contributed by atoms with Crippen LogP contribution in [0.15, 0.2) is 54.7 Å². The third-order valence-corrected chi connectivity index (χ3v) is 4.32. The van der Waals surface area contributed by atoms with Crippen molar-refractivity contribution in [3.63, 3.8) is 0 Å². The molecule has 0 bridgehead atoms. The summed E-state index contributed by atoms with van der Waals surface area (Å²) in [6, 6.07) is 19.3. The second kappa shape index (κ2) is 6.22. The molecule has 0 unspecified atom stereocenters. The van der Waals surface area contributed by atoms with Gasteiger partial charge in [0.2, 0.25) is 0 Å². The average molecular weight is 301 g/mol. The predicted molar refractivity (Wildman–Crippen MR) is 86.2 cm³/mol. The first-order chi connectivity index (χ1) is 10.8. The molecule has 22 heavy (non-hydrogen) atoms. The molecule has 0 fully saturated rings. The fourth-order valence-electron chi connectivity index (χ4n) is 2.11. The number of hydrogen-bond acceptors (Lipinski definition) is 4. The normalized spacial score (nSPS) is 9.91. The molecule has 3 aromatic rings. The molecule has 0 aliphatic carbocycles. The summed E-state index contributed by atoms with van der Waals surface area (Å²) in [7, 11) is 0. The molecule has 0 atom stereocenters. The van der Waals surface area contributed by atoms with E-state index in [9.17, 15) is 0 Å². The fraction of sp³-hybridized carbons (Fsp3) is 0.0556. The van der Waals surface area contributed by atoms with E-state index in [1.807, 2.05) is 42.6 Å². The Morgan fingerprint density at radius 2 is 1.45 bits per heavy atom. The van der Waals surface area contributed by atoms with Gasteiger partial charge in [-0.15, -0.1) is 11.3 Å². The van der Waals surface area contributed by atoms with Crippen LogP contribution in [0.4, 0.5) is 0 Å². The number of benzene rings is 2. The highest BCUT2D eigenvalue weighted by Crippen LogP contribution is 2.26. The van der Waals surface area contributed by atoms with Crippen molar-refractivity contribution < 1.29 is 0 Å². The lowest BCUT2D eigenvalue weighted by Gasteiger charge is -1.98. The van der Waals surface area contributed by atoms with Crippen LogP contribution >= 0.6 is 11.3 Å². The van der Waals surface area contributed by atoms with Crippen molar-refractivity contribution in [2.75, 3.05) is 0 Å². The van der Waals surface area contributed by atoms with Gasteiger partial charge in [-0.05, 0) is 29.8 Å². The first-order valence-electron chi connectivity index (χ1n) is 6.73. The zero-order valence-electron chi connectivity index (χ0n) is 11.7. The molecule has 4 heteroatoms. The first kappa shape index (κ1) is 14.0. The van der Waals surface area contributed by atoms with E-state index in [2.05, 4.69) is 17.1 Å². The second-order valence-corrected chi connectivity index (χ2v) is 5.92. The van der Waals surface area contributed by atoms with E-state index >= 15 is 0 Å². The van der Waals surface area contributed by atoms with Crippen molar-refractivity contribution in [2.24, 2.45) is 0 Å². The van der Waals surface area contributed by atoms with Gasteiger partial charge in [0.1, 0.15) is 5.01 Å². The lowest BCUT2D eigenvalue weighted by molar-refractivity contribution is 1.21. The largest absolute Gasteiger partial charge is 0.244 e. The summed E-state index contributed by atoms with van der Waals surface area (Å²) in [6.07, 6.45) is 2.69. The van der Waals surface area contributed by atoms with Crippen LogP contribution in [0.25, 0.3) is 10.6 Å². The highest BCUT2D eigenvalue weighted by Gasteiger charge is 2.06. The minimum atomic E-state index is 0.651. The topological polar surface area (TPSA) is 60.5 Å². The fourth-order valence-corrected chi connectivity index (χ4v) is 3.06. The van der Waals surface area contributed by atoms with Gasteiger partial charge < -0.3 is 0 Å². The van der Waals surface area contributed by atoms with Gasteiger partial charge in [-0.3, -0.25) is 0 Å². The van der Waals surface area contributed by atoms with E-state index in [0.717, 1.165) is 22.6 Å². The van der Waals surface area contributed by atoms with E-state index in [4.69, 9.17) is 10.5 Å². The Bertz CT molecular complexity index is 862. The number of hydrogen-bond donors (Lipinski definition) is 0. The van der Waals surface area contributed by atoms with Gasteiger partial charge in [-0.25, -0.2) is 4.98 Å². The molecule has 1 heterocycles. The molecule has 0 aliphatic rings. The molecule has 0 aliphatic heterocycles. The van der Waals surface area contributed by atoms with Crippen LogP contribution in [0.1, 0.15) is 21.6 Å². The van der Waals surface area contributed by atoms with Crippen LogP contribution in [0.5, 0.6) is 0 Å². The van der Waals surface area contributed by atoms with Crippen molar-refractivity contribution in [1.82, 2.24) is 4.98 Å². The van der Waals surface area contributed by atoms with Gasteiger partial charge >= 0.3 is 0 Å². The molecule has 1 aromatic heterocycles. The first-order valence-corrected chi connectivity index (χ1v) is 7.54. The maximum Gasteiger partial charge on any atom is 0.123 e. The summed E-state index contributed by atoms with van der Waals surface area (Å²) < 4.78 is 0. The molecule has 0 N–H and O–H groups in total. The Balaban J connectivity index is 1.78. The van der Waals surface area contributed by atoms with Gasteiger partial charge in [0.05, 0.1) is 23.3 Å². The maximum absolute atomic E-state index is 8.82. The number of rotatable bonds is 3. The number of aromatic nitrogens is 1. The van der Waals surface area contributed by atoms with Gasteiger partial charge in [0.25, 0.3) is 0 Å². The Morgan fingerprint density at radius 1 is 0.864 bits per heavy atom. The smallest absolute Gasteiger partial charge is 0.123 e. The molecule has 0 saturated heterocycles. The zero-order valence-corrected chi connectivity index (χ0v) is 12.5. The zero-order chi connectivity index (χ0) is 15.4. The monoisotopic (exact) mass is 301 g/mol. The molecule has 0 radical (unpaired) electrons. The van der Waals surface area contributed by atoms with Crippen LogP contribution in [0.2, 0.25) is 0 Å².